The van der Waals surface area contributed by atoms with Crippen LogP contribution in [0.5, 0.6) is 11.5 Å². The van der Waals surface area contributed by atoms with Gasteiger partial charge in [-0.15, -0.1) is 0 Å². The highest BCUT2D eigenvalue weighted by molar-refractivity contribution is 7.80. The zero-order valence-electron chi connectivity index (χ0n) is 10.6. The van der Waals surface area contributed by atoms with E-state index in [1.54, 1.807) is 25.2 Å². The van der Waals surface area contributed by atoms with Crippen molar-refractivity contribution in [2.45, 2.75) is 0 Å². The molecule has 18 heavy (non-hydrogen) atoms. The van der Waals surface area contributed by atoms with Gasteiger partial charge in [-0.3, -0.25) is 4.79 Å². The molecule has 98 valence electrons. The Hall–Kier alpha value is -1.82. The summed E-state index contributed by atoms with van der Waals surface area (Å²) >= 11 is 4.78. The van der Waals surface area contributed by atoms with Crippen molar-refractivity contribution in [1.82, 2.24) is 4.90 Å². The minimum Gasteiger partial charge on any atom is -0.496 e. The molecule has 1 rings (SSSR count). The summed E-state index contributed by atoms with van der Waals surface area (Å²) in [4.78, 5) is 14.0. The third-order valence-corrected chi connectivity index (χ3v) is 2.51. The first-order chi connectivity index (χ1) is 8.51. The topological polar surface area (TPSA) is 64.8 Å². The average molecular weight is 268 g/mol. The van der Waals surface area contributed by atoms with Gasteiger partial charge in [0, 0.05) is 7.05 Å². The summed E-state index contributed by atoms with van der Waals surface area (Å²) in [6, 6.07) is 5.15. The highest BCUT2D eigenvalue weighted by Gasteiger charge is 2.21. The third-order valence-electron chi connectivity index (χ3n) is 2.38. The maximum Gasteiger partial charge on any atom is 0.261 e. The molecule has 0 heterocycles. The van der Waals surface area contributed by atoms with Gasteiger partial charge in [0.15, 0.2) is 0 Å². The first kappa shape index (κ1) is 14.2. The van der Waals surface area contributed by atoms with Crippen molar-refractivity contribution in [2.24, 2.45) is 5.73 Å². The van der Waals surface area contributed by atoms with Crippen LogP contribution in [0.25, 0.3) is 0 Å². The van der Waals surface area contributed by atoms with Crippen molar-refractivity contribution in [2.75, 3.05) is 27.8 Å². The highest BCUT2D eigenvalue weighted by Crippen LogP contribution is 2.29. The number of hydrogen-bond donors (Lipinski definition) is 1. The number of rotatable bonds is 5. The summed E-state index contributed by atoms with van der Waals surface area (Å²) in [5.41, 5.74) is 5.79. The molecule has 1 amide bonds. The monoisotopic (exact) mass is 268 g/mol. The molecule has 0 radical (unpaired) electrons. The molecule has 0 aliphatic carbocycles. The largest absolute Gasteiger partial charge is 0.496 e. The fourth-order valence-corrected chi connectivity index (χ4v) is 1.75. The van der Waals surface area contributed by atoms with E-state index in [2.05, 4.69) is 0 Å². The Morgan fingerprint density at radius 3 is 2.22 bits per heavy atom. The molecule has 0 bridgehead atoms. The predicted octanol–water partition coefficient (Wildman–Crippen LogP) is 1.06. The van der Waals surface area contributed by atoms with Crippen LogP contribution in [0, 0.1) is 0 Å². The van der Waals surface area contributed by atoms with Crippen molar-refractivity contribution >= 4 is 23.1 Å². The van der Waals surface area contributed by atoms with E-state index in [1.165, 1.54) is 19.1 Å². The number of ether oxygens (including phenoxy) is 2. The quantitative estimate of drug-likeness (QED) is 0.809. The van der Waals surface area contributed by atoms with Crippen molar-refractivity contribution in [3.8, 4) is 11.5 Å². The van der Waals surface area contributed by atoms with Crippen LogP contribution in [0.2, 0.25) is 0 Å². The lowest BCUT2D eigenvalue weighted by atomic mass is 10.1. The van der Waals surface area contributed by atoms with E-state index in [9.17, 15) is 4.79 Å². The van der Waals surface area contributed by atoms with Crippen molar-refractivity contribution < 1.29 is 14.3 Å². The van der Waals surface area contributed by atoms with Crippen LogP contribution in [0.15, 0.2) is 18.2 Å². The van der Waals surface area contributed by atoms with Crippen molar-refractivity contribution in [3.05, 3.63) is 23.8 Å². The van der Waals surface area contributed by atoms with E-state index < -0.39 is 0 Å². The molecule has 0 aliphatic rings. The minimum atomic E-state index is -0.253. The lowest BCUT2D eigenvalue weighted by Crippen LogP contribution is -2.34. The number of likely N-dealkylation sites (N-methyl/N-ethyl adjacent to an activating group) is 1. The normalized spacial score (nSPS) is 9.72. The van der Waals surface area contributed by atoms with Crippen LogP contribution in [0.3, 0.4) is 0 Å². The summed E-state index contributed by atoms with van der Waals surface area (Å²) < 4.78 is 10.3. The average Bonchev–Trinajstić information content (AvgIpc) is 2.35. The van der Waals surface area contributed by atoms with Crippen LogP contribution in [0.4, 0.5) is 0 Å². The van der Waals surface area contributed by atoms with E-state index in [0.29, 0.717) is 17.1 Å². The van der Waals surface area contributed by atoms with Gasteiger partial charge < -0.3 is 20.1 Å². The molecule has 1 aromatic rings. The Labute approximate surface area is 111 Å². The fourth-order valence-electron chi connectivity index (χ4n) is 1.56. The van der Waals surface area contributed by atoms with Gasteiger partial charge >= 0.3 is 0 Å². The second-order valence-electron chi connectivity index (χ2n) is 3.67. The highest BCUT2D eigenvalue weighted by atomic mass is 32.1. The first-order valence-electron chi connectivity index (χ1n) is 5.26. The molecule has 0 aromatic heterocycles. The summed E-state index contributed by atoms with van der Waals surface area (Å²) in [6.45, 7) is 0.204. The Kier molecular flexibility index (Phi) is 4.91. The van der Waals surface area contributed by atoms with Crippen LogP contribution >= 0.6 is 12.2 Å². The zero-order chi connectivity index (χ0) is 13.7. The zero-order valence-corrected chi connectivity index (χ0v) is 11.4. The van der Waals surface area contributed by atoms with Crippen LogP contribution < -0.4 is 15.2 Å². The molecule has 6 heteroatoms. The van der Waals surface area contributed by atoms with Crippen molar-refractivity contribution in [1.29, 1.82) is 0 Å². The number of nitrogens with zero attached hydrogens (tertiary/aromatic N) is 1. The van der Waals surface area contributed by atoms with Gasteiger partial charge in [-0.1, -0.05) is 18.3 Å². The lowest BCUT2D eigenvalue weighted by molar-refractivity contribution is 0.0808. The summed E-state index contributed by atoms with van der Waals surface area (Å²) in [5.74, 6) is 0.653. The number of amides is 1. The number of methoxy groups -OCH3 is 2. The molecule has 5 nitrogen and oxygen atoms in total. The number of nitrogens with two attached hydrogens (primary N) is 1. The fraction of sp³-hybridized carbons (Fsp3) is 0.333. The molecule has 0 spiro atoms. The molecular weight excluding hydrogens is 252 g/mol. The van der Waals surface area contributed by atoms with E-state index in [4.69, 9.17) is 27.4 Å². The summed E-state index contributed by atoms with van der Waals surface area (Å²) in [6.07, 6.45) is 0. The SMILES string of the molecule is COc1cccc(OC)c1C(=O)N(C)CC(N)=S. The molecule has 1 aromatic carbocycles. The maximum absolute atomic E-state index is 12.3. The Morgan fingerprint density at radius 1 is 1.33 bits per heavy atom. The second-order valence-corrected chi connectivity index (χ2v) is 4.19. The Balaban J connectivity index is 3.14. The number of benzene rings is 1. The van der Waals surface area contributed by atoms with Gasteiger partial charge in [-0.05, 0) is 12.1 Å². The molecule has 2 N–H and O–H groups in total. The summed E-state index contributed by atoms with van der Waals surface area (Å²) in [7, 11) is 4.62. The predicted molar refractivity (Wildman–Crippen MR) is 73.3 cm³/mol. The maximum atomic E-state index is 12.3. The van der Waals surface area contributed by atoms with E-state index in [0.717, 1.165) is 0 Å². The molecular formula is C12H16N2O3S. The molecule has 0 fully saturated rings. The van der Waals surface area contributed by atoms with Crippen LogP contribution in [-0.4, -0.2) is 43.6 Å². The number of carbonyl (C=O) groups excluding carboxylic acids is 1. The third kappa shape index (κ3) is 3.10. The van der Waals surface area contributed by atoms with Gasteiger partial charge in [-0.2, -0.15) is 0 Å². The first-order valence-corrected chi connectivity index (χ1v) is 5.66. The smallest absolute Gasteiger partial charge is 0.261 e. The molecule has 0 saturated carbocycles. The summed E-state index contributed by atoms with van der Waals surface area (Å²) in [5, 5.41) is 0. The van der Waals surface area contributed by atoms with Gasteiger partial charge in [0.2, 0.25) is 0 Å². The molecule has 0 saturated heterocycles. The van der Waals surface area contributed by atoms with E-state index in [-0.39, 0.29) is 17.4 Å². The molecule has 0 atom stereocenters. The van der Waals surface area contributed by atoms with Crippen molar-refractivity contribution in [3.63, 3.8) is 0 Å². The molecule has 0 unspecified atom stereocenters. The lowest BCUT2D eigenvalue weighted by Gasteiger charge is -2.19. The molecule has 0 aliphatic heterocycles. The van der Waals surface area contributed by atoms with Gasteiger partial charge in [0.1, 0.15) is 17.1 Å². The Bertz CT molecular complexity index is 440. The van der Waals surface area contributed by atoms with Crippen LogP contribution in [-0.2, 0) is 0 Å². The van der Waals surface area contributed by atoms with Gasteiger partial charge in [-0.25, -0.2) is 0 Å². The van der Waals surface area contributed by atoms with Gasteiger partial charge in [0.25, 0.3) is 5.91 Å². The van der Waals surface area contributed by atoms with Crippen LogP contribution in [0.1, 0.15) is 10.4 Å². The number of carbonyl (C=O) groups is 1. The Morgan fingerprint density at radius 2 is 1.83 bits per heavy atom. The van der Waals surface area contributed by atoms with E-state index >= 15 is 0 Å². The minimum absolute atomic E-state index is 0.204. The number of thiocarbonyl (C=S) groups is 1. The number of hydrogen-bond acceptors (Lipinski definition) is 4. The van der Waals surface area contributed by atoms with E-state index in [1.807, 2.05) is 0 Å². The standard InChI is InChI=1S/C12H16N2O3S/c1-14(7-10(13)18)12(15)11-8(16-2)5-4-6-9(11)17-3/h4-6H,7H2,1-3H3,(H2,13,18). The van der Waals surface area contributed by atoms with Gasteiger partial charge in [0.05, 0.1) is 25.8 Å². The second kappa shape index (κ2) is 6.20.